The van der Waals surface area contributed by atoms with E-state index in [4.69, 9.17) is 0 Å². The van der Waals surface area contributed by atoms with E-state index in [-0.39, 0.29) is 20.1 Å². The molecule has 1 radical (unpaired) electrons. The van der Waals surface area contributed by atoms with Gasteiger partial charge in [0.1, 0.15) is 0 Å². The Balaban J connectivity index is 0.000000185. The summed E-state index contributed by atoms with van der Waals surface area (Å²) in [5.74, 6) is 1.16. The summed E-state index contributed by atoms with van der Waals surface area (Å²) in [6, 6.07) is 43.2. The predicted octanol–water partition coefficient (Wildman–Crippen LogP) is 9.26. The molecule has 41 heavy (non-hydrogen) atoms. The van der Waals surface area contributed by atoms with Crippen molar-refractivity contribution in [2.45, 2.75) is 26.7 Å². The Morgan fingerprint density at radius 3 is 1.83 bits per heavy atom. The van der Waals surface area contributed by atoms with Gasteiger partial charge in [-0.1, -0.05) is 80.6 Å². The predicted molar refractivity (Wildman–Crippen MR) is 165 cm³/mol. The van der Waals surface area contributed by atoms with Crippen LogP contribution in [0.15, 0.2) is 128 Å². The van der Waals surface area contributed by atoms with Crippen molar-refractivity contribution >= 4 is 0 Å². The summed E-state index contributed by atoms with van der Waals surface area (Å²) < 4.78 is 0. The molecule has 0 aliphatic heterocycles. The summed E-state index contributed by atoms with van der Waals surface area (Å²) in [5, 5.41) is 0. The Kier molecular flexibility index (Phi) is 10.4. The molecule has 6 rings (SSSR count). The van der Waals surface area contributed by atoms with Gasteiger partial charge in [-0.05, 0) is 40.8 Å². The standard InChI is InChI=1S/C19H17N2.C18H14N.Ir/c1-14(2)18-12-20-19(21-13-18)17-10-6-9-16(11-17)15-7-4-3-5-8-15;1-14-12-18(16-10-6-3-7-11-16)19-13-17(14)15-8-4-2-5-9-15;/h3-9,11-14H,1-2H3;2-10,12-13H,1H3;/q2*-1;. The second-order valence-electron chi connectivity index (χ2n) is 9.88. The molecule has 0 aliphatic rings. The minimum Gasteiger partial charge on any atom is -0.304 e. The molecule has 3 nitrogen and oxygen atoms in total. The average molecular weight is 710 g/mol. The number of benzene rings is 4. The number of hydrogen-bond acceptors (Lipinski definition) is 3. The van der Waals surface area contributed by atoms with Gasteiger partial charge in [-0.2, -0.15) is 0 Å². The quantitative estimate of drug-likeness (QED) is 0.168. The summed E-state index contributed by atoms with van der Waals surface area (Å²) in [5.41, 5.74) is 10.0. The van der Waals surface area contributed by atoms with Crippen LogP contribution in [-0.2, 0) is 20.1 Å². The molecule has 4 aromatic carbocycles. The van der Waals surface area contributed by atoms with E-state index in [0.29, 0.717) is 5.92 Å². The van der Waals surface area contributed by atoms with Crippen LogP contribution in [0.25, 0.3) is 44.9 Å². The molecule has 0 spiro atoms. The van der Waals surface area contributed by atoms with Gasteiger partial charge in [-0.3, -0.25) is 9.97 Å². The molecule has 6 aromatic rings. The van der Waals surface area contributed by atoms with E-state index >= 15 is 0 Å². The van der Waals surface area contributed by atoms with Crippen LogP contribution in [0.4, 0.5) is 0 Å². The van der Waals surface area contributed by atoms with Crippen LogP contribution < -0.4 is 0 Å². The van der Waals surface area contributed by atoms with Crippen LogP contribution in [0.2, 0.25) is 0 Å². The maximum absolute atomic E-state index is 4.55. The van der Waals surface area contributed by atoms with Crippen LogP contribution in [-0.4, -0.2) is 15.0 Å². The van der Waals surface area contributed by atoms with Crippen LogP contribution >= 0.6 is 0 Å². The van der Waals surface area contributed by atoms with E-state index in [1.165, 1.54) is 22.3 Å². The summed E-state index contributed by atoms with van der Waals surface area (Å²) in [4.78, 5) is 13.5. The molecule has 0 aliphatic carbocycles. The van der Waals surface area contributed by atoms with Gasteiger partial charge in [-0.15, -0.1) is 71.3 Å². The van der Waals surface area contributed by atoms with Crippen molar-refractivity contribution in [1.82, 2.24) is 15.0 Å². The summed E-state index contributed by atoms with van der Waals surface area (Å²) in [6.07, 6.45) is 5.74. The summed E-state index contributed by atoms with van der Waals surface area (Å²) in [6.45, 7) is 6.40. The van der Waals surface area contributed by atoms with Gasteiger partial charge in [0, 0.05) is 44.3 Å². The van der Waals surface area contributed by atoms with Gasteiger partial charge in [-0.25, -0.2) is 0 Å². The number of pyridine rings is 1. The van der Waals surface area contributed by atoms with E-state index in [1.54, 1.807) is 0 Å². The number of nitrogens with zero attached hydrogens (tertiary/aromatic N) is 3. The SMILES string of the molecule is CC(C)c1cnc(-c2[c-]ccc(-c3ccccc3)c2)nc1.Cc1cc(-c2[c-]cccc2)ncc1-c1ccccc1.[Ir]. The van der Waals surface area contributed by atoms with Crippen LogP contribution in [0.3, 0.4) is 0 Å². The molecule has 0 fully saturated rings. The molecular weight excluding hydrogens is 679 g/mol. The first kappa shape index (κ1) is 29.7. The first-order valence-electron chi connectivity index (χ1n) is 13.5. The minimum atomic E-state index is 0. The van der Waals surface area contributed by atoms with E-state index < -0.39 is 0 Å². The Morgan fingerprint density at radius 2 is 1.22 bits per heavy atom. The van der Waals surface area contributed by atoms with Crippen molar-refractivity contribution < 1.29 is 20.1 Å². The second kappa shape index (κ2) is 14.4. The monoisotopic (exact) mass is 710 g/mol. The van der Waals surface area contributed by atoms with Gasteiger partial charge in [0.2, 0.25) is 0 Å². The largest absolute Gasteiger partial charge is 0.304 e. The molecule has 2 aromatic heterocycles. The normalized spacial score (nSPS) is 10.3. The van der Waals surface area contributed by atoms with Crippen molar-refractivity contribution in [2.24, 2.45) is 0 Å². The Morgan fingerprint density at radius 1 is 0.585 bits per heavy atom. The Labute approximate surface area is 256 Å². The molecule has 0 amide bonds. The van der Waals surface area contributed by atoms with E-state index in [2.05, 4.69) is 90.3 Å². The first-order chi connectivity index (χ1) is 19.6. The van der Waals surface area contributed by atoms with Gasteiger partial charge < -0.3 is 4.98 Å². The number of aryl methyl sites for hydroxylation is 1. The molecule has 205 valence electrons. The van der Waals surface area contributed by atoms with Gasteiger partial charge in [0.25, 0.3) is 0 Å². The van der Waals surface area contributed by atoms with Crippen molar-refractivity contribution in [3.63, 3.8) is 0 Å². The fourth-order valence-corrected chi connectivity index (χ4v) is 4.36. The van der Waals surface area contributed by atoms with E-state index in [0.717, 1.165) is 33.8 Å². The molecule has 0 unspecified atom stereocenters. The Hall–Kier alpha value is -4.24. The average Bonchev–Trinajstić information content (AvgIpc) is 3.03. The van der Waals surface area contributed by atoms with E-state index in [9.17, 15) is 0 Å². The Bertz CT molecular complexity index is 1650. The smallest absolute Gasteiger partial charge is 0.0748 e. The molecule has 4 heteroatoms. The number of aromatic nitrogens is 3. The maximum Gasteiger partial charge on any atom is 0.0748 e. The zero-order valence-corrected chi connectivity index (χ0v) is 25.8. The van der Waals surface area contributed by atoms with Crippen molar-refractivity contribution in [3.8, 4) is 44.9 Å². The zero-order chi connectivity index (χ0) is 27.7. The molecule has 0 saturated carbocycles. The number of rotatable bonds is 5. The van der Waals surface area contributed by atoms with Crippen molar-refractivity contribution in [3.05, 3.63) is 151 Å². The minimum absolute atomic E-state index is 0. The van der Waals surface area contributed by atoms with Gasteiger partial charge in [0.15, 0.2) is 0 Å². The second-order valence-corrected chi connectivity index (χ2v) is 9.88. The van der Waals surface area contributed by atoms with E-state index in [1.807, 2.05) is 85.3 Å². The third-order valence-electron chi connectivity index (χ3n) is 6.67. The molecule has 0 saturated heterocycles. The molecule has 2 heterocycles. The third-order valence-corrected chi connectivity index (χ3v) is 6.67. The van der Waals surface area contributed by atoms with Crippen molar-refractivity contribution in [1.29, 1.82) is 0 Å². The number of hydrogen-bond donors (Lipinski definition) is 0. The van der Waals surface area contributed by atoms with Gasteiger partial charge in [0.05, 0.1) is 5.82 Å². The molecule has 0 bridgehead atoms. The topological polar surface area (TPSA) is 38.7 Å². The van der Waals surface area contributed by atoms with Gasteiger partial charge >= 0.3 is 0 Å². The van der Waals surface area contributed by atoms with Crippen LogP contribution in [0.1, 0.15) is 30.9 Å². The first-order valence-corrected chi connectivity index (χ1v) is 13.5. The molecule has 0 atom stereocenters. The third kappa shape index (κ3) is 7.70. The molecule has 0 N–H and O–H groups in total. The molecular formula is C37H31IrN3-2. The van der Waals surface area contributed by atoms with Crippen molar-refractivity contribution in [2.75, 3.05) is 0 Å². The van der Waals surface area contributed by atoms with Crippen LogP contribution in [0, 0.1) is 19.1 Å². The van der Waals surface area contributed by atoms with Crippen LogP contribution in [0.5, 0.6) is 0 Å². The maximum atomic E-state index is 4.55. The fourth-order valence-electron chi connectivity index (χ4n) is 4.36. The fraction of sp³-hybridized carbons (Fsp3) is 0.108. The summed E-state index contributed by atoms with van der Waals surface area (Å²) in [7, 11) is 0. The zero-order valence-electron chi connectivity index (χ0n) is 23.4. The summed E-state index contributed by atoms with van der Waals surface area (Å²) >= 11 is 0.